The van der Waals surface area contributed by atoms with Crippen LogP contribution in [-0.2, 0) is 36.8 Å². The summed E-state index contributed by atoms with van der Waals surface area (Å²) in [5, 5.41) is 0.129. The van der Waals surface area contributed by atoms with Crippen LogP contribution in [0.15, 0.2) is 48.5 Å². The number of nitrogens with zero attached hydrogens (tertiary/aromatic N) is 3. The fourth-order valence-electron chi connectivity index (χ4n) is 5.49. The van der Waals surface area contributed by atoms with Crippen molar-refractivity contribution in [2.45, 2.75) is 71.2 Å². The number of amides is 1. The van der Waals surface area contributed by atoms with Crippen LogP contribution in [0.4, 0.5) is 4.79 Å². The van der Waals surface area contributed by atoms with E-state index in [0.29, 0.717) is 50.7 Å². The second-order valence-electron chi connectivity index (χ2n) is 12.8. The Bertz CT molecular complexity index is 1550. The van der Waals surface area contributed by atoms with E-state index < -0.39 is 11.6 Å². The molecule has 0 saturated carbocycles. The van der Waals surface area contributed by atoms with Gasteiger partial charge in [0.2, 0.25) is 5.88 Å². The van der Waals surface area contributed by atoms with Gasteiger partial charge >= 0.3 is 12.1 Å². The van der Waals surface area contributed by atoms with Crippen molar-refractivity contribution in [1.82, 2.24) is 14.9 Å². The molecule has 4 rings (SSSR count). The van der Waals surface area contributed by atoms with Crippen LogP contribution in [0.1, 0.15) is 62.0 Å². The van der Waals surface area contributed by atoms with Gasteiger partial charge in [0.25, 0.3) is 0 Å². The zero-order valence-corrected chi connectivity index (χ0v) is 30.5. The maximum atomic E-state index is 13.0. The number of hydrogen-bond donors (Lipinski definition) is 0. The van der Waals surface area contributed by atoms with Gasteiger partial charge in [-0.15, -0.1) is 0 Å². The zero-order valence-electron chi connectivity index (χ0n) is 29.7. The third-order valence-electron chi connectivity index (χ3n) is 7.90. The summed E-state index contributed by atoms with van der Waals surface area (Å²) in [7, 11) is 2.95. The van der Waals surface area contributed by atoms with E-state index in [1.165, 1.54) is 7.11 Å². The maximum Gasteiger partial charge on any atom is 0.410 e. The van der Waals surface area contributed by atoms with Gasteiger partial charge in [0, 0.05) is 24.4 Å². The molecule has 1 fully saturated rings. The molecule has 0 aliphatic carbocycles. The first-order valence-electron chi connectivity index (χ1n) is 16.7. The second-order valence-corrected chi connectivity index (χ2v) is 13.2. The highest BCUT2D eigenvalue weighted by Crippen LogP contribution is 2.33. The molecule has 12 nitrogen and oxygen atoms in total. The summed E-state index contributed by atoms with van der Waals surface area (Å²) >= 11 is 6.30. The van der Waals surface area contributed by atoms with Gasteiger partial charge in [-0.25, -0.2) is 9.78 Å². The molecule has 0 spiro atoms. The van der Waals surface area contributed by atoms with Crippen LogP contribution in [0.25, 0.3) is 0 Å². The van der Waals surface area contributed by atoms with Gasteiger partial charge in [-0.3, -0.25) is 4.79 Å². The van der Waals surface area contributed by atoms with Crippen LogP contribution < -0.4 is 14.2 Å². The van der Waals surface area contributed by atoms with Gasteiger partial charge in [-0.2, -0.15) is 4.98 Å². The molecule has 0 bridgehead atoms. The van der Waals surface area contributed by atoms with E-state index in [1.807, 2.05) is 69.3 Å². The SMILES string of the molecule is COC(=O)Cc1c(Cl)nc(C)nc1OCCOC1CN(C(=O)OC(C)(C)C)CCC1c1ccc(OCCCOCc2ccccc2OC)cc1. The number of carbonyl (C=O) groups excluding carboxylic acids is 2. The monoisotopic (exact) mass is 713 g/mol. The van der Waals surface area contributed by atoms with E-state index in [1.54, 1.807) is 18.9 Å². The smallest absolute Gasteiger partial charge is 0.410 e. The van der Waals surface area contributed by atoms with Crippen LogP contribution >= 0.6 is 11.6 Å². The molecule has 3 aromatic rings. The van der Waals surface area contributed by atoms with Gasteiger partial charge in [0.1, 0.15) is 34.7 Å². The Labute approximate surface area is 299 Å². The van der Waals surface area contributed by atoms with Crippen molar-refractivity contribution >= 4 is 23.7 Å². The summed E-state index contributed by atoms with van der Waals surface area (Å²) in [4.78, 5) is 35.1. The fourth-order valence-corrected chi connectivity index (χ4v) is 5.76. The minimum absolute atomic E-state index is 0.0109. The molecule has 1 aliphatic rings. The number of piperidine rings is 1. The van der Waals surface area contributed by atoms with Crippen molar-refractivity contribution in [3.05, 3.63) is 76.2 Å². The van der Waals surface area contributed by atoms with E-state index in [4.69, 9.17) is 44.8 Å². The van der Waals surface area contributed by atoms with Crippen LogP contribution in [-0.4, -0.2) is 92.4 Å². The first kappa shape index (κ1) is 38.7. The number of hydrogen-bond acceptors (Lipinski definition) is 11. The van der Waals surface area contributed by atoms with Gasteiger partial charge in [0.05, 0.1) is 65.3 Å². The lowest BCUT2D eigenvalue weighted by molar-refractivity contribution is -0.139. The molecule has 1 saturated heterocycles. The van der Waals surface area contributed by atoms with Crippen LogP contribution in [0.3, 0.4) is 0 Å². The van der Waals surface area contributed by atoms with Gasteiger partial charge in [0.15, 0.2) is 0 Å². The molecule has 272 valence electrons. The molecule has 1 aromatic heterocycles. The summed E-state index contributed by atoms with van der Waals surface area (Å²) in [6.07, 6.45) is 0.576. The standard InChI is InChI=1S/C37H48ClN3O9/c1-25-39-34(38)30(22-33(42)45-6)35(40-25)49-21-20-48-32-23-41(36(43)50-37(2,3)4)17-16-29(32)26-12-14-28(15-13-26)47-19-9-18-46-24-27-10-7-8-11-31(27)44-5/h7-8,10-15,29,32H,9,16-24H2,1-6H3. The van der Waals surface area contributed by atoms with E-state index in [0.717, 1.165) is 29.0 Å². The van der Waals surface area contributed by atoms with Gasteiger partial charge < -0.3 is 38.1 Å². The second kappa shape index (κ2) is 18.7. The highest BCUT2D eigenvalue weighted by molar-refractivity contribution is 6.30. The van der Waals surface area contributed by atoms with Gasteiger partial charge in [-0.05, 0) is 57.9 Å². The van der Waals surface area contributed by atoms with E-state index in [9.17, 15) is 9.59 Å². The number of halogens is 1. The van der Waals surface area contributed by atoms with Crippen molar-refractivity contribution < 1.29 is 42.7 Å². The number of para-hydroxylation sites is 1. The maximum absolute atomic E-state index is 13.0. The van der Waals surface area contributed by atoms with E-state index in [2.05, 4.69) is 9.97 Å². The lowest BCUT2D eigenvalue weighted by Gasteiger charge is -2.39. The lowest BCUT2D eigenvalue weighted by atomic mass is 9.87. The van der Waals surface area contributed by atoms with Crippen molar-refractivity contribution in [3.8, 4) is 17.4 Å². The topological polar surface area (TPSA) is 128 Å². The quantitative estimate of drug-likeness (QED) is 0.0938. The Morgan fingerprint density at radius 3 is 2.44 bits per heavy atom. The Hall–Kier alpha value is -4.13. The summed E-state index contributed by atoms with van der Waals surface area (Å²) in [6, 6.07) is 15.8. The molecule has 2 heterocycles. The lowest BCUT2D eigenvalue weighted by Crippen LogP contribution is -2.48. The number of carbonyl (C=O) groups is 2. The number of aryl methyl sites for hydroxylation is 1. The average Bonchev–Trinajstić information content (AvgIpc) is 3.09. The Morgan fingerprint density at radius 2 is 1.72 bits per heavy atom. The minimum Gasteiger partial charge on any atom is -0.496 e. The van der Waals surface area contributed by atoms with Crippen LogP contribution in [0.2, 0.25) is 5.15 Å². The Kier molecular flexibility index (Phi) is 14.5. The number of benzene rings is 2. The molecule has 2 aromatic carbocycles. The molecule has 50 heavy (non-hydrogen) atoms. The number of methoxy groups -OCH3 is 2. The molecule has 13 heteroatoms. The van der Waals surface area contributed by atoms with Crippen molar-refractivity contribution in [3.63, 3.8) is 0 Å². The molecular formula is C37H48ClN3O9. The third kappa shape index (κ3) is 11.7. The Balaban J connectivity index is 1.33. The summed E-state index contributed by atoms with van der Waals surface area (Å²) < 4.78 is 39.9. The number of likely N-dealkylation sites (tertiary alicyclic amines) is 1. The number of ether oxygens (including phenoxy) is 7. The molecule has 1 aliphatic heterocycles. The van der Waals surface area contributed by atoms with E-state index >= 15 is 0 Å². The minimum atomic E-state index is -0.617. The Morgan fingerprint density at radius 1 is 0.960 bits per heavy atom. The summed E-state index contributed by atoms with van der Waals surface area (Å²) in [5.74, 6) is 1.71. The predicted octanol–water partition coefficient (Wildman–Crippen LogP) is 6.34. The first-order valence-corrected chi connectivity index (χ1v) is 17.1. The van der Waals surface area contributed by atoms with E-state index in [-0.39, 0.29) is 48.8 Å². The summed E-state index contributed by atoms with van der Waals surface area (Å²) in [5.41, 5.74) is 1.81. The number of esters is 1. The predicted molar refractivity (Wildman–Crippen MR) is 187 cm³/mol. The molecule has 1 amide bonds. The first-order chi connectivity index (χ1) is 24.0. The number of rotatable bonds is 16. The normalized spacial score (nSPS) is 16.1. The van der Waals surface area contributed by atoms with Crippen molar-refractivity contribution in [2.24, 2.45) is 0 Å². The van der Waals surface area contributed by atoms with Crippen LogP contribution in [0, 0.1) is 6.92 Å². The largest absolute Gasteiger partial charge is 0.496 e. The van der Waals surface area contributed by atoms with Gasteiger partial charge in [-0.1, -0.05) is 41.9 Å². The molecule has 0 radical (unpaired) electrons. The number of aromatic nitrogens is 2. The molecule has 0 N–H and O–H groups in total. The fraction of sp³-hybridized carbons (Fsp3) is 0.514. The zero-order chi connectivity index (χ0) is 36.1. The third-order valence-corrected chi connectivity index (χ3v) is 8.22. The summed E-state index contributed by atoms with van der Waals surface area (Å²) in [6.45, 7) is 9.98. The average molecular weight is 714 g/mol. The molecule has 2 atom stereocenters. The highest BCUT2D eigenvalue weighted by Gasteiger charge is 2.35. The molecule has 2 unspecified atom stereocenters. The highest BCUT2D eigenvalue weighted by atomic mass is 35.5. The van der Waals surface area contributed by atoms with Crippen molar-refractivity contribution in [1.29, 1.82) is 0 Å². The van der Waals surface area contributed by atoms with Crippen molar-refractivity contribution in [2.75, 3.05) is 53.7 Å². The van der Waals surface area contributed by atoms with Crippen LogP contribution in [0.5, 0.6) is 17.4 Å². The molecular weight excluding hydrogens is 666 g/mol.